The predicted octanol–water partition coefficient (Wildman–Crippen LogP) is 2.37. The molecule has 0 spiro atoms. The minimum absolute atomic E-state index is 0.228. The summed E-state index contributed by atoms with van der Waals surface area (Å²) in [5, 5.41) is 13.9. The van der Waals surface area contributed by atoms with Crippen molar-refractivity contribution in [3.8, 4) is 5.75 Å². The van der Waals surface area contributed by atoms with Crippen LogP contribution in [0.5, 0.6) is 5.75 Å². The van der Waals surface area contributed by atoms with E-state index in [2.05, 4.69) is 40.2 Å². The van der Waals surface area contributed by atoms with Crippen LogP contribution in [-0.2, 0) is 19.6 Å². The fourth-order valence-electron chi connectivity index (χ4n) is 3.74. The normalized spacial score (nSPS) is 18.7. The molecule has 2 heterocycles. The van der Waals surface area contributed by atoms with Crippen molar-refractivity contribution in [3.05, 3.63) is 47.8 Å². The van der Waals surface area contributed by atoms with E-state index in [4.69, 9.17) is 4.74 Å². The Morgan fingerprint density at radius 2 is 1.93 bits per heavy atom. The quantitative estimate of drug-likeness (QED) is 0.732. The van der Waals surface area contributed by atoms with E-state index in [0.717, 1.165) is 51.4 Å². The van der Waals surface area contributed by atoms with Gasteiger partial charge in [0.05, 0.1) is 12.8 Å². The number of hydrogen-bond donors (Lipinski definition) is 1. The average Bonchev–Trinajstić information content (AvgIpc) is 3.13. The molecule has 148 valence electrons. The van der Waals surface area contributed by atoms with Crippen LogP contribution in [0.25, 0.3) is 0 Å². The molecule has 1 fully saturated rings. The van der Waals surface area contributed by atoms with Crippen molar-refractivity contribution >= 4 is 0 Å². The Labute approximate surface area is 162 Å². The maximum absolute atomic E-state index is 9.53. The van der Waals surface area contributed by atoms with Gasteiger partial charge in [0.1, 0.15) is 5.75 Å². The van der Waals surface area contributed by atoms with Crippen molar-refractivity contribution in [1.82, 2.24) is 19.6 Å². The Hall–Kier alpha value is -1.89. The molecule has 0 unspecified atom stereocenters. The van der Waals surface area contributed by atoms with Crippen LogP contribution in [0.1, 0.15) is 31.4 Å². The van der Waals surface area contributed by atoms with Gasteiger partial charge < -0.3 is 9.84 Å². The summed E-state index contributed by atoms with van der Waals surface area (Å²) in [4.78, 5) is 4.98. The van der Waals surface area contributed by atoms with E-state index in [0.29, 0.717) is 12.6 Å². The number of rotatable bonds is 9. The molecule has 0 aliphatic carbocycles. The molecular weight excluding hydrogens is 340 g/mol. The van der Waals surface area contributed by atoms with Gasteiger partial charge in [0.2, 0.25) is 0 Å². The van der Waals surface area contributed by atoms with Crippen LogP contribution in [0, 0.1) is 0 Å². The lowest BCUT2D eigenvalue weighted by atomic mass is 10.1. The van der Waals surface area contributed by atoms with Crippen LogP contribution in [0.4, 0.5) is 0 Å². The van der Waals surface area contributed by atoms with Crippen LogP contribution in [0.2, 0.25) is 0 Å². The van der Waals surface area contributed by atoms with Gasteiger partial charge in [-0.2, -0.15) is 5.10 Å². The van der Waals surface area contributed by atoms with Crippen LogP contribution in [0.3, 0.4) is 0 Å². The molecule has 1 aliphatic heterocycles. The molecule has 1 atom stereocenters. The molecule has 6 heteroatoms. The molecule has 0 radical (unpaired) electrons. The van der Waals surface area contributed by atoms with E-state index in [-0.39, 0.29) is 6.61 Å². The van der Waals surface area contributed by atoms with Crippen molar-refractivity contribution in [1.29, 1.82) is 0 Å². The van der Waals surface area contributed by atoms with E-state index >= 15 is 0 Å². The Bertz CT molecular complexity index is 686. The molecule has 0 amide bonds. The topological polar surface area (TPSA) is 53.8 Å². The maximum atomic E-state index is 9.53. The van der Waals surface area contributed by atoms with Crippen molar-refractivity contribution in [3.63, 3.8) is 0 Å². The summed E-state index contributed by atoms with van der Waals surface area (Å²) in [7, 11) is 0. The average molecular weight is 373 g/mol. The van der Waals surface area contributed by atoms with E-state index in [9.17, 15) is 5.11 Å². The standard InChI is InChI=1S/C21H32N4O2/c1-3-25-16-19(13-22-25)14-23-10-11-24(20(17-23)9-12-26)15-18-5-7-21(8-6-18)27-4-2/h5-8,13,16,20,26H,3-4,9-12,14-15,17H2,1-2H3/t20-/m0/s1. The van der Waals surface area contributed by atoms with Crippen LogP contribution in [-0.4, -0.2) is 63.6 Å². The van der Waals surface area contributed by atoms with Gasteiger partial charge in [-0.05, 0) is 38.0 Å². The second kappa shape index (κ2) is 9.88. The third kappa shape index (κ3) is 5.54. The highest BCUT2D eigenvalue weighted by Crippen LogP contribution is 2.20. The summed E-state index contributed by atoms with van der Waals surface area (Å²) < 4.78 is 7.51. The Morgan fingerprint density at radius 1 is 1.11 bits per heavy atom. The van der Waals surface area contributed by atoms with Crippen molar-refractivity contribution in [2.75, 3.05) is 32.8 Å². The summed E-state index contributed by atoms with van der Waals surface area (Å²) in [5.74, 6) is 0.922. The zero-order valence-corrected chi connectivity index (χ0v) is 16.5. The molecule has 1 saturated heterocycles. The Morgan fingerprint density at radius 3 is 2.59 bits per heavy atom. The molecule has 3 rings (SSSR count). The first-order valence-electron chi connectivity index (χ1n) is 10.0. The number of piperazine rings is 1. The van der Waals surface area contributed by atoms with Crippen molar-refractivity contribution < 1.29 is 9.84 Å². The van der Waals surface area contributed by atoms with E-state index < -0.39 is 0 Å². The second-order valence-corrected chi connectivity index (χ2v) is 7.15. The lowest BCUT2D eigenvalue weighted by molar-refractivity contribution is 0.0499. The Balaban J connectivity index is 1.58. The van der Waals surface area contributed by atoms with Gasteiger partial charge in [-0.1, -0.05) is 12.1 Å². The monoisotopic (exact) mass is 372 g/mol. The van der Waals surface area contributed by atoms with Gasteiger partial charge in [-0.3, -0.25) is 14.5 Å². The smallest absolute Gasteiger partial charge is 0.119 e. The molecule has 1 aromatic carbocycles. The summed E-state index contributed by atoms with van der Waals surface area (Å²) in [6, 6.07) is 8.75. The molecule has 1 aliphatic rings. The van der Waals surface area contributed by atoms with Gasteiger partial charge in [0.25, 0.3) is 0 Å². The van der Waals surface area contributed by atoms with E-state index in [1.165, 1.54) is 11.1 Å². The largest absolute Gasteiger partial charge is 0.494 e. The molecular formula is C21H32N4O2. The number of aliphatic hydroxyl groups excluding tert-OH is 1. The maximum Gasteiger partial charge on any atom is 0.119 e. The highest BCUT2D eigenvalue weighted by Gasteiger charge is 2.26. The summed E-state index contributed by atoms with van der Waals surface area (Å²) in [6.45, 7) is 10.8. The Kier molecular flexibility index (Phi) is 7.26. The number of hydrogen-bond acceptors (Lipinski definition) is 5. The number of nitrogens with zero attached hydrogens (tertiary/aromatic N) is 4. The molecule has 2 aromatic rings. The minimum atomic E-state index is 0.228. The first kappa shape index (κ1) is 19.9. The second-order valence-electron chi connectivity index (χ2n) is 7.15. The van der Waals surface area contributed by atoms with Gasteiger partial charge in [0.15, 0.2) is 0 Å². The van der Waals surface area contributed by atoms with Crippen LogP contribution >= 0.6 is 0 Å². The molecule has 0 bridgehead atoms. The first-order chi connectivity index (χ1) is 13.2. The summed E-state index contributed by atoms with van der Waals surface area (Å²) >= 11 is 0. The summed E-state index contributed by atoms with van der Waals surface area (Å²) in [6.07, 6.45) is 4.91. The van der Waals surface area contributed by atoms with Crippen LogP contribution in [0.15, 0.2) is 36.7 Å². The van der Waals surface area contributed by atoms with Crippen LogP contribution < -0.4 is 4.74 Å². The van der Waals surface area contributed by atoms with E-state index in [1.807, 2.05) is 29.9 Å². The highest BCUT2D eigenvalue weighted by atomic mass is 16.5. The van der Waals surface area contributed by atoms with Gasteiger partial charge in [-0.15, -0.1) is 0 Å². The minimum Gasteiger partial charge on any atom is -0.494 e. The molecule has 6 nitrogen and oxygen atoms in total. The third-order valence-corrected chi connectivity index (χ3v) is 5.19. The SMILES string of the molecule is CCOc1ccc(CN2CCN(Cc3cnn(CC)c3)C[C@@H]2CCO)cc1. The van der Waals surface area contributed by atoms with E-state index in [1.54, 1.807) is 0 Å². The molecule has 27 heavy (non-hydrogen) atoms. The van der Waals surface area contributed by atoms with Gasteiger partial charge >= 0.3 is 0 Å². The van der Waals surface area contributed by atoms with Gasteiger partial charge in [0, 0.05) is 63.7 Å². The zero-order valence-electron chi connectivity index (χ0n) is 16.5. The molecule has 0 saturated carbocycles. The molecule has 1 N–H and O–H groups in total. The summed E-state index contributed by atoms with van der Waals surface area (Å²) in [5.41, 5.74) is 2.55. The van der Waals surface area contributed by atoms with Gasteiger partial charge in [-0.25, -0.2) is 0 Å². The lowest BCUT2D eigenvalue weighted by Gasteiger charge is -2.41. The lowest BCUT2D eigenvalue weighted by Crippen LogP contribution is -2.52. The highest BCUT2D eigenvalue weighted by molar-refractivity contribution is 5.27. The number of aromatic nitrogens is 2. The number of aliphatic hydroxyl groups is 1. The zero-order chi connectivity index (χ0) is 19.1. The fraction of sp³-hybridized carbons (Fsp3) is 0.571. The fourth-order valence-corrected chi connectivity index (χ4v) is 3.74. The number of ether oxygens (including phenoxy) is 1. The first-order valence-corrected chi connectivity index (χ1v) is 10.0. The number of aryl methyl sites for hydroxylation is 1. The predicted molar refractivity (Wildman–Crippen MR) is 107 cm³/mol. The van der Waals surface area contributed by atoms with Crippen molar-refractivity contribution in [2.45, 2.75) is 45.9 Å². The molecule has 1 aromatic heterocycles. The third-order valence-electron chi connectivity index (χ3n) is 5.19. The van der Waals surface area contributed by atoms with Crippen molar-refractivity contribution in [2.24, 2.45) is 0 Å². The number of benzene rings is 1.